The van der Waals surface area contributed by atoms with E-state index in [1.54, 1.807) is 6.08 Å². The lowest BCUT2D eigenvalue weighted by atomic mass is 10.4. The van der Waals surface area contributed by atoms with Crippen LogP contribution >= 0.6 is 0 Å². The zero-order chi connectivity index (χ0) is 8.20. The molecule has 0 aromatic carbocycles. The zero-order valence-electron chi connectivity index (χ0n) is 6.66. The first-order valence-corrected chi connectivity index (χ1v) is 3.12. The van der Waals surface area contributed by atoms with Crippen molar-refractivity contribution >= 4 is 5.97 Å². The molecule has 3 nitrogen and oxygen atoms in total. The van der Waals surface area contributed by atoms with Gasteiger partial charge in [0, 0.05) is 6.08 Å². The van der Waals surface area contributed by atoms with Crippen LogP contribution in [0.4, 0.5) is 0 Å². The fraction of sp³-hybridized carbons (Fsp3) is 0.571. The summed E-state index contributed by atoms with van der Waals surface area (Å²) in [5, 5.41) is 8.22. The molecule has 0 aromatic rings. The average Bonchev–Trinajstić information content (AvgIpc) is 1.59. The molecule has 0 aliphatic carbocycles. The van der Waals surface area contributed by atoms with Crippen molar-refractivity contribution in [3.8, 4) is 0 Å². The number of likely N-dealkylation sites (N-methyl/N-ethyl adjacent to an activating group) is 1. The highest BCUT2D eigenvalue weighted by Crippen LogP contribution is 1.89. The SMILES string of the molecule is C[N+](C)(C)C/C=C/C(=O)O. The number of carboxylic acid groups (broad SMARTS) is 1. The number of aliphatic carboxylic acids is 1. The van der Waals surface area contributed by atoms with Gasteiger partial charge in [-0.3, -0.25) is 0 Å². The summed E-state index contributed by atoms with van der Waals surface area (Å²) in [7, 11) is 6.02. The van der Waals surface area contributed by atoms with E-state index < -0.39 is 5.97 Å². The smallest absolute Gasteiger partial charge is 0.328 e. The monoisotopic (exact) mass is 144 g/mol. The minimum absolute atomic E-state index is 0.742. The van der Waals surface area contributed by atoms with Gasteiger partial charge in [-0.2, -0.15) is 0 Å². The molecule has 3 heteroatoms. The maximum atomic E-state index is 9.99. The molecule has 0 rings (SSSR count). The lowest BCUT2D eigenvalue weighted by molar-refractivity contribution is -0.864. The van der Waals surface area contributed by atoms with Gasteiger partial charge in [-0.05, 0) is 6.08 Å². The van der Waals surface area contributed by atoms with Crippen LogP contribution in [-0.2, 0) is 4.79 Å². The number of rotatable bonds is 3. The Morgan fingerprint density at radius 3 is 2.30 bits per heavy atom. The highest BCUT2D eigenvalue weighted by Gasteiger charge is 2.01. The van der Waals surface area contributed by atoms with E-state index in [1.165, 1.54) is 6.08 Å². The van der Waals surface area contributed by atoms with Crippen molar-refractivity contribution in [2.24, 2.45) is 0 Å². The second-order valence-electron chi connectivity index (χ2n) is 3.21. The van der Waals surface area contributed by atoms with Crippen molar-refractivity contribution in [3.05, 3.63) is 12.2 Å². The Morgan fingerprint density at radius 2 is 2.00 bits per heavy atom. The first-order valence-electron chi connectivity index (χ1n) is 3.12. The Kier molecular flexibility index (Phi) is 3.09. The molecule has 0 aliphatic rings. The van der Waals surface area contributed by atoms with E-state index in [2.05, 4.69) is 0 Å². The van der Waals surface area contributed by atoms with Crippen molar-refractivity contribution in [3.63, 3.8) is 0 Å². The number of carboxylic acids is 1. The van der Waals surface area contributed by atoms with Gasteiger partial charge in [0.1, 0.15) is 0 Å². The van der Waals surface area contributed by atoms with Gasteiger partial charge in [-0.25, -0.2) is 4.79 Å². The van der Waals surface area contributed by atoms with E-state index in [0.717, 1.165) is 11.0 Å². The summed E-state index contributed by atoms with van der Waals surface area (Å²) in [6.07, 6.45) is 2.83. The van der Waals surface area contributed by atoms with Crippen molar-refractivity contribution in [2.75, 3.05) is 27.7 Å². The van der Waals surface area contributed by atoms with Crippen molar-refractivity contribution < 1.29 is 14.4 Å². The van der Waals surface area contributed by atoms with Crippen molar-refractivity contribution in [2.45, 2.75) is 0 Å². The molecule has 10 heavy (non-hydrogen) atoms. The summed E-state index contributed by atoms with van der Waals surface area (Å²) >= 11 is 0. The standard InChI is InChI=1S/C7H13NO2/c1-8(2,3)6-4-5-7(9)10/h4-5H,6H2,1-3H3/p+1/b5-4+. The molecule has 0 bridgehead atoms. The minimum atomic E-state index is -0.881. The third kappa shape index (κ3) is 7.17. The third-order valence-electron chi connectivity index (χ3n) is 0.914. The highest BCUT2D eigenvalue weighted by atomic mass is 16.4. The molecule has 1 N–H and O–H groups in total. The molecule has 58 valence electrons. The Morgan fingerprint density at radius 1 is 1.50 bits per heavy atom. The maximum absolute atomic E-state index is 9.99. The average molecular weight is 144 g/mol. The predicted octanol–water partition coefficient (Wildman–Crippen LogP) is 0.333. The van der Waals surface area contributed by atoms with E-state index in [4.69, 9.17) is 5.11 Å². The summed E-state index contributed by atoms with van der Waals surface area (Å²) < 4.78 is 0.754. The largest absolute Gasteiger partial charge is 0.478 e. The summed E-state index contributed by atoms with van der Waals surface area (Å²) in [5.41, 5.74) is 0. The van der Waals surface area contributed by atoms with Gasteiger partial charge < -0.3 is 9.59 Å². The minimum Gasteiger partial charge on any atom is -0.478 e. The molecule has 0 amide bonds. The maximum Gasteiger partial charge on any atom is 0.328 e. The Balaban J connectivity index is 3.64. The van der Waals surface area contributed by atoms with Crippen LogP contribution in [0.5, 0.6) is 0 Å². The van der Waals surface area contributed by atoms with Crippen molar-refractivity contribution in [1.82, 2.24) is 0 Å². The molecule has 0 saturated heterocycles. The Hall–Kier alpha value is -0.830. The first kappa shape index (κ1) is 9.17. The number of carbonyl (C=O) groups is 1. The second kappa shape index (κ2) is 3.37. The molecule has 0 fully saturated rings. The lowest BCUT2D eigenvalue weighted by Gasteiger charge is -2.21. The van der Waals surface area contributed by atoms with Crippen LogP contribution in [0.25, 0.3) is 0 Å². The predicted molar refractivity (Wildman–Crippen MR) is 39.7 cm³/mol. The molecule has 0 radical (unpaired) electrons. The molecule has 0 aliphatic heterocycles. The van der Waals surface area contributed by atoms with Crippen LogP contribution in [0, 0.1) is 0 Å². The van der Waals surface area contributed by atoms with Gasteiger partial charge in [0.15, 0.2) is 0 Å². The number of quaternary nitrogens is 1. The quantitative estimate of drug-likeness (QED) is 0.458. The van der Waals surface area contributed by atoms with Gasteiger partial charge in [0.25, 0.3) is 0 Å². The fourth-order valence-electron chi connectivity index (χ4n) is 0.470. The molecule has 0 saturated carbocycles. The highest BCUT2D eigenvalue weighted by molar-refractivity contribution is 5.79. The lowest BCUT2D eigenvalue weighted by Crippen LogP contribution is -2.34. The first-order chi connectivity index (χ1) is 4.42. The summed E-state index contributed by atoms with van der Waals surface area (Å²) in [4.78, 5) is 9.99. The molecule has 0 atom stereocenters. The van der Waals surface area contributed by atoms with E-state index in [0.29, 0.717) is 0 Å². The molecule has 0 unspecified atom stereocenters. The van der Waals surface area contributed by atoms with Gasteiger partial charge in [0.2, 0.25) is 0 Å². The molecule has 0 aromatic heterocycles. The second-order valence-corrected chi connectivity index (χ2v) is 3.21. The van der Waals surface area contributed by atoms with E-state index in [1.807, 2.05) is 21.1 Å². The van der Waals surface area contributed by atoms with Crippen LogP contribution in [0.2, 0.25) is 0 Å². The fourth-order valence-corrected chi connectivity index (χ4v) is 0.470. The molecular formula is C7H14NO2+. The topological polar surface area (TPSA) is 37.3 Å². The van der Waals surface area contributed by atoms with Crippen LogP contribution in [0.15, 0.2) is 12.2 Å². The van der Waals surface area contributed by atoms with E-state index in [-0.39, 0.29) is 0 Å². The van der Waals surface area contributed by atoms with E-state index >= 15 is 0 Å². The van der Waals surface area contributed by atoms with Crippen LogP contribution in [-0.4, -0.2) is 43.2 Å². The van der Waals surface area contributed by atoms with Crippen molar-refractivity contribution in [1.29, 1.82) is 0 Å². The Labute approximate surface area is 61.2 Å². The number of hydrogen-bond donors (Lipinski definition) is 1. The zero-order valence-corrected chi connectivity index (χ0v) is 6.66. The van der Waals surface area contributed by atoms with Gasteiger partial charge in [0.05, 0.1) is 27.7 Å². The molecular weight excluding hydrogens is 130 g/mol. The molecule has 0 spiro atoms. The number of nitrogens with zero attached hydrogens (tertiary/aromatic N) is 1. The number of hydrogen-bond acceptors (Lipinski definition) is 1. The van der Waals surface area contributed by atoms with Gasteiger partial charge >= 0.3 is 5.97 Å². The summed E-state index contributed by atoms with van der Waals surface area (Å²) in [6, 6.07) is 0. The van der Waals surface area contributed by atoms with Gasteiger partial charge in [-0.1, -0.05) is 0 Å². The normalized spacial score (nSPS) is 12.3. The van der Waals surface area contributed by atoms with Crippen LogP contribution in [0.1, 0.15) is 0 Å². The summed E-state index contributed by atoms with van der Waals surface area (Å²) in [5.74, 6) is -0.881. The van der Waals surface area contributed by atoms with E-state index in [9.17, 15) is 4.79 Å². The third-order valence-corrected chi connectivity index (χ3v) is 0.914. The molecule has 0 heterocycles. The van der Waals surface area contributed by atoms with Gasteiger partial charge in [-0.15, -0.1) is 0 Å². The Bertz CT molecular complexity index is 144. The summed E-state index contributed by atoms with van der Waals surface area (Å²) in [6.45, 7) is 0.742. The van der Waals surface area contributed by atoms with Crippen LogP contribution < -0.4 is 0 Å². The van der Waals surface area contributed by atoms with Crippen LogP contribution in [0.3, 0.4) is 0 Å².